The Labute approximate surface area is 100 Å². The van der Waals surface area contributed by atoms with Crippen LogP contribution in [-0.2, 0) is 4.74 Å². The molecule has 0 aliphatic rings. The van der Waals surface area contributed by atoms with E-state index in [2.05, 4.69) is 19.4 Å². The fourth-order valence-electron chi connectivity index (χ4n) is 1.39. The quantitative estimate of drug-likeness (QED) is 0.768. The normalized spacial score (nSPS) is 10.4. The van der Waals surface area contributed by atoms with E-state index in [1.165, 1.54) is 0 Å². The Hall–Kier alpha value is -2.31. The van der Waals surface area contributed by atoms with Gasteiger partial charge in [0, 0.05) is 5.56 Å². The smallest absolute Gasteiger partial charge is 0.397 e. The molecule has 0 unspecified atom stereocenters. The molecule has 7 heteroatoms. The molecule has 0 aliphatic heterocycles. The highest BCUT2D eigenvalue weighted by molar-refractivity contribution is 5.84. The summed E-state index contributed by atoms with van der Waals surface area (Å²) in [5.41, 5.74) is 0.666. The Morgan fingerprint density at radius 1 is 1.33 bits per heavy atom. The molecule has 0 radical (unpaired) electrons. The van der Waals surface area contributed by atoms with Crippen LogP contribution in [-0.4, -0.2) is 23.2 Å². The second-order valence-electron chi connectivity index (χ2n) is 3.50. The molecule has 0 bridgehead atoms. The van der Waals surface area contributed by atoms with Crippen molar-refractivity contribution in [3.05, 3.63) is 35.2 Å². The lowest BCUT2D eigenvalue weighted by atomic mass is 10.1. The van der Waals surface area contributed by atoms with E-state index in [4.69, 9.17) is 0 Å². The highest BCUT2D eigenvalue weighted by atomic mass is 19.2. The maximum Gasteiger partial charge on any atom is 0.397 e. The predicted octanol–water partition coefficient (Wildman–Crippen LogP) is 2.11. The van der Waals surface area contributed by atoms with Crippen LogP contribution in [0.2, 0.25) is 0 Å². The molecule has 0 N–H and O–H groups in total. The molecule has 18 heavy (non-hydrogen) atoms. The van der Waals surface area contributed by atoms with E-state index >= 15 is 0 Å². The van der Waals surface area contributed by atoms with Crippen LogP contribution in [0.3, 0.4) is 0 Å². The molecule has 1 aromatic heterocycles. The number of nitrogens with zero attached hydrogens (tertiary/aromatic N) is 2. The maximum absolute atomic E-state index is 13.1. The van der Waals surface area contributed by atoms with Crippen molar-refractivity contribution in [1.29, 1.82) is 0 Å². The zero-order valence-electron chi connectivity index (χ0n) is 9.53. The predicted molar refractivity (Wildman–Crippen MR) is 55.7 cm³/mol. The standard InChI is InChI=1S/C11H8F2N2O3/c1-5-3-7(12)8(13)4-6(5)9-14-10(18-15-9)11(16)17-2/h3-4H,1-2H3. The Balaban J connectivity index is 2.46. The molecule has 1 heterocycles. The number of methoxy groups -OCH3 is 1. The molecule has 0 saturated carbocycles. The molecule has 2 aromatic rings. The van der Waals surface area contributed by atoms with Gasteiger partial charge in [-0.3, -0.25) is 0 Å². The number of hydrogen-bond donors (Lipinski definition) is 0. The van der Waals surface area contributed by atoms with E-state index in [0.29, 0.717) is 5.56 Å². The highest BCUT2D eigenvalue weighted by Crippen LogP contribution is 2.23. The van der Waals surface area contributed by atoms with Crippen LogP contribution in [0.4, 0.5) is 8.78 Å². The van der Waals surface area contributed by atoms with E-state index in [0.717, 1.165) is 19.2 Å². The number of rotatable bonds is 2. The minimum absolute atomic E-state index is 0.00759. The van der Waals surface area contributed by atoms with Gasteiger partial charge in [-0.1, -0.05) is 5.16 Å². The fraction of sp³-hybridized carbons (Fsp3) is 0.182. The van der Waals surface area contributed by atoms with E-state index in [9.17, 15) is 13.6 Å². The Morgan fingerprint density at radius 2 is 2.00 bits per heavy atom. The number of carbonyl (C=O) groups is 1. The zero-order valence-corrected chi connectivity index (χ0v) is 9.53. The molecular weight excluding hydrogens is 246 g/mol. The van der Waals surface area contributed by atoms with Gasteiger partial charge in [-0.15, -0.1) is 0 Å². The SMILES string of the molecule is COC(=O)c1nc(-c2cc(F)c(F)cc2C)no1. The van der Waals surface area contributed by atoms with Gasteiger partial charge in [-0.25, -0.2) is 13.6 Å². The van der Waals surface area contributed by atoms with Crippen molar-refractivity contribution in [2.45, 2.75) is 6.92 Å². The molecule has 0 spiro atoms. The molecular formula is C11H8F2N2O3. The molecule has 94 valence electrons. The number of benzene rings is 1. The van der Waals surface area contributed by atoms with Crippen molar-refractivity contribution in [2.24, 2.45) is 0 Å². The lowest BCUT2D eigenvalue weighted by molar-refractivity contribution is 0.0545. The van der Waals surface area contributed by atoms with Crippen LogP contribution in [0.25, 0.3) is 11.4 Å². The highest BCUT2D eigenvalue weighted by Gasteiger charge is 2.18. The Morgan fingerprint density at radius 3 is 2.67 bits per heavy atom. The summed E-state index contributed by atoms with van der Waals surface area (Å²) in [4.78, 5) is 14.9. The van der Waals surface area contributed by atoms with Crippen LogP contribution in [0.1, 0.15) is 16.2 Å². The third kappa shape index (κ3) is 2.06. The van der Waals surface area contributed by atoms with Gasteiger partial charge in [0.1, 0.15) is 0 Å². The summed E-state index contributed by atoms with van der Waals surface area (Å²) < 4.78 is 35.1. The van der Waals surface area contributed by atoms with Gasteiger partial charge in [0.25, 0.3) is 0 Å². The molecule has 0 atom stereocenters. The lowest BCUT2D eigenvalue weighted by Gasteiger charge is -2.01. The molecule has 0 aliphatic carbocycles. The van der Waals surface area contributed by atoms with Crippen molar-refractivity contribution >= 4 is 5.97 Å². The summed E-state index contributed by atoms with van der Waals surface area (Å²) in [5, 5.41) is 3.51. The minimum atomic E-state index is -1.03. The van der Waals surface area contributed by atoms with Crippen molar-refractivity contribution in [2.75, 3.05) is 7.11 Å². The number of carbonyl (C=O) groups excluding carboxylic acids is 1. The summed E-state index contributed by atoms with van der Waals surface area (Å²) in [6, 6.07) is 1.95. The van der Waals surface area contributed by atoms with Crippen LogP contribution in [0.5, 0.6) is 0 Å². The van der Waals surface area contributed by atoms with Crippen LogP contribution >= 0.6 is 0 Å². The number of aromatic nitrogens is 2. The third-order valence-corrected chi connectivity index (χ3v) is 2.29. The summed E-state index contributed by atoms with van der Waals surface area (Å²) >= 11 is 0. The molecule has 1 aromatic carbocycles. The minimum Gasteiger partial charge on any atom is -0.462 e. The average molecular weight is 254 g/mol. The van der Waals surface area contributed by atoms with Crippen molar-refractivity contribution in [3.8, 4) is 11.4 Å². The number of ether oxygens (including phenoxy) is 1. The summed E-state index contributed by atoms with van der Waals surface area (Å²) in [5.74, 6) is -3.15. The third-order valence-electron chi connectivity index (χ3n) is 2.29. The van der Waals surface area contributed by atoms with E-state index < -0.39 is 17.6 Å². The van der Waals surface area contributed by atoms with Crippen LogP contribution in [0.15, 0.2) is 16.7 Å². The van der Waals surface area contributed by atoms with Gasteiger partial charge in [0.2, 0.25) is 5.82 Å². The zero-order chi connectivity index (χ0) is 13.3. The van der Waals surface area contributed by atoms with Crippen molar-refractivity contribution in [1.82, 2.24) is 10.1 Å². The van der Waals surface area contributed by atoms with E-state index in [1.807, 2.05) is 0 Å². The second-order valence-corrected chi connectivity index (χ2v) is 3.50. The number of hydrogen-bond acceptors (Lipinski definition) is 5. The Kier molecular flexibility index (Phi) is 3.05. The monoisotopic (exact) mass is 254 g/mol. The van der Waals surface area contributed by atoms with E-state index in [1.54, 1.807) is 6.92 Å². The lowest BCUT2D eigenvalue weighted by Crippen LogP contribution is -2.01. The molecule has 0 amide bonds. The van der Waals surface area contributed by atoms with Crippen LogP contribution in [0, 0.1) is 18.6 Å². The Bertz CT molecular complexity index is 610. The fourth-order valence-corrected chi connectivity index (χ4v) is 1.39. The van der Waals surface area contributed by atoms with Gasteiger partial charge in [0.15, 0.2) is 11.6 Å². The first kappa shape index (κ1) is 12.2. The van der Waals surface area contributed by atoms with E-state index in [-0.39, 0.29) is 17.3 Å². The van der Waals surface area contributed by atoms with Gasteiger partial charge in [-0.05, 0) is 24.6 Å². The average Bonchev–Trinajstić information content (AvgIpc) is 2.82. The largest absolute Gasteiger partial charge is 0.462 e. The number of aryl methyl sites for hydroxylation is 1. The van der Waals surface area contributed by atoms with Crippen molar-refractivity contribution in [3.63, 3.8) is 0 Å². The maximum atomic E-state index is 13.1. The summed E-state index contributed by atoms with van der Waals surface area (Å²) in [6.45, 7) is 1.56. The summed E-state index contributed by atoms with van der Waals surface area (Å²) in [7, 11) is 1.16. The van der Waals surface area contributed by atoms with Gasteiger partial charge in [0.05, 0.1) is 7.11 Å². The van der Waals surface area contributed by atoms with Crippen LogP contribution < -0.4 is 0 Å². The first-order valence-corrected chi connectivity index (χ1v) is 4.91. The number of esters is 1. The first-order valence-electron chi connectivity index (χ1n) is 4.91. The summed E-state index contributed by atoms with van der Waals surface area (Å²) in [6.07, 6.45) is 0. The molecule has 0 fully saturated rings. The first-order chi connectivity index (χ1) is 8.52. The molecule has 5 nitrogen and oxygen atoms in total. The van der Waals surface area contributed by atoms with Gasteiger partial charge in [-0.2, -0.15) is 4.98 Å². The molecule has 2 rings (SSSR count). The number of halogens is 2. The second kappa shape index (κ2) is 4.52. The topological polar surface area (TPSA) is 65.2 Å². The van der Waals surface area contributed by atoms with Gasteiger partial charge >= 0.3 is 11.9 Å². The van der Waals surface area contributed by atoms with Gasteiger partial charge < -0.3 is 9.26 Å². The molecule has 0 saturated heterocycles. The van der Waals surface area contributed by atoms with Crippen molar-refractivity contribution < 1.29 is 22.8 Å².